The van der Waals surface area contributed by atoms with Crippen molar-refractivity contribution in [3.63, 3.8) is 0 Å². The van der Waals surface area contributed by atoms with Crippen molar-refractivity contribution in [1.82, 2.24) is 9.59 Å². The lowest BCUT2D eigenvalue weighted by molar-refractivity contribution is -0.122. The number of rotatable bonds is 3. The van der Waals surface area contributed by atoms with Gasteiger partial charge in [0.1, 0.15) is 5.00 Å². The van der Waals surface area contributed by atoms with Crippen LogP contribution in [0, 0.1) is 11.8 Å². The van der Waals surface area contributed by atoms with Gasteiger partial charge in [-0.1, -0.05) is 17.3 Å². The molecule has 88 valence electrons. The summed E-state index contributed by atoms with van der Waals surface area (Å²) in [4.78, 5) is 12.0. The minimum atomic E-state index is 0.0563. The van der Waals surface area contributed by atoms with Crippen LogP contribution in [0.15, 0.2) is 6.20 Å². The third kappa shape index (κ3) is 2.56. The van der Waals surface area contributed by atoms with Gasteiger partial charge in [-0.05, 0) is 25.3 Å². The fourth-order valence-electron chi connectivity index (χ4n) is 2.27. The molecule has 5 nitrogen and oxygen atoms in total. The number of nitrogens with zero attached hydrogens (tertiary/aromatic N) is 2. The molecule has 2 unspecified atom stereocenters. The molecule has 16 heavy (non-hydrogen) atoms. The summed E-state index contributed by atoms with van der Waals surface area (Å²) >= 11 is 1.20. The van der Waals surface area contributed by atoms with Crippen molar-refractivity contribution in [2.24, 2.45) is 17.6 Å². The first-order chi connectivity index (χ1) is 7.81. The van der Waals surface area contributed by atoms with E-state index in [0.29, 0.717) is 17.5 Å². The Hall–Kier alpha value is -1.01. The summed E-state index contributed by atoms with van der Waals surface area (Å²) in [6.07, 6.45) is 5.89. The van der Waals surface area contributed by atoms with Crippen molar-refractivity contribution >= 4 is 22.4 Å². The third-order valence-electron chi connectivity index (χ3n) is 3.16. The quantitative estimate of drug-likeness (QED) is 0.833. The molecule has 1 saturated carbocycles. The van der Waals surface area contributed by atoms with Crippen LogP contribution in [0.3, 0.4) is 0 Å². The Morgan fingerprint density at radius 1 is 1.56 bits per heavy atom. The largest absolute Gasteiger partial charge is 0.330 e. The molecule has 3 N–H and O–H groups in total. The van der Waals surface area contributed by atoms with E-state index in [9.17, 15) is 4.79 Å². The molecule has 2 atom stereocenters. The van der Waals surface area contributed by atoms with E-state index < -0.39 is 0 Å². The molecule has 0 bridgehead atoms. The molecule has 1 fully saturated rings. The van der Waals surface area contributed by atoms with Crippen molar-refractivity contribution in [2.45, 2.75) is 25.7 Å². The second-order valence-electron chi connectivity index (χ2n) is 4.16. The monoisotopic (exact) mass is 240 g/mol. The van der Waals surface area contributed by atoms with E-state index in [1.165, 1.54) is 18.0 Å². The number of anilines is 1. The van der Waals surface area contributed by atoms with Gasteiger partial charge < -0.3 is 11.1 Å². The maximum Gasteiger partial charge on any atom is 0.228 e. The second-order valence-corrected chi connectivity index (χ2v) is 4.94. The average molecular weight is 240 g/mol. The van der Waals surface area contributed by atoms with Gasteiger partial charge in [-0.15, -0.1) is 5.10 Å². The Labute approximate surface area is 98.6 Å². The lowest BCUT2D eigenvalue weighted by atomic mass is 9.79. The number of carbonyl (C=O) groups is 1. The molecule has 0 aliphatic heterocycles. The first kappa shape index (κ1) is 11.5. The molecule has 0 aromatic carbocycles. The van der Waals surface area contributed by atoms with Crippen LogP contribution < -0.4 is 11.1 Å². The molecule has 0 saturated heterocycles. The van der Waals surface area contributed by atoms with E-state index in [1.807, 2.05) is 0 Å². The third-order valence-corrected chi connectivity index (χ3v) is 3.74. The van der Waals surface area contributed by atoms with Crippen LogP contribution >= 0.6 is 11.5 Å². The SMILES string of the molecule is NCC1CCCCC1C(=O)Nc1cnns1. The van der Waals surface area contributed by atoms with Crippen LogP contribution in [0.4, 0.5) is 5.00 Å². The van der Waals surface area contributed by atoms with Gasteiger partial charge in [-0.3, -0.25) is 4.79 Å². The predicted molar refractivity (Wildman–Crippen MR) is 63.0 cm³/mol. The first-order valence-electron chi connectivity index (χ1n) is 5.59. The summed E-state index contributed by atoms with van der Waals surface area (Å²) < 4.78 is 3.71. The van der Waals surface area contributed by atoms with E-state index in [0.717, 1.165) is 19.3 Å². The number of amides is 1. The van der Waals surface area contributed by atoms with Gasteiger partial charge in [-0.2, -0.15) is 0 Å². The van der Waals surface area contributed by atoms with Gasteiger partial charge in [0.25, 0.3) is 0 Å². The van der Waals surface area contributed by atoms with Crippen molar-refractivity contribution in [2.75, 3.05) is 11.9 Å². The summed E-state index contributed by atoms with van der Waals surface area (Å²) in [6, 6.07) is 0. The maximum atomic E-state index is 12.0. The minimum Gasteiger partial charge on any atom is -0.330 e. The Morgan fingerprint density at radius 2 is 2.38 bits per heavy atom. The summed E-state index contributed by atoms with van der Waals surface area (Å²) in [5.74, 6) is 0.455. The Kier molecular flexibility index (Phi) is 3.84. The van der Waals surface area contributed by atoms with Crippen molar-refractivity contribution in [1.29, 1.82) is 0 Å². The molecule has 1 aromatic rings. The van der Waals surface area contributed by atoms with Crippen LogP contribution in [0.1, 0.15) is 25.7 Å². The molecule has 2 rings (SSSR count). The van der Waals surface area contributed by atoms with Gasteiger partial charge >= 0.3 is 0 Å². The molecule has 0 spiro atoms. The predicted octanol–water partition coefficient (Wildman–Crippen LogP) is 1.24. The van der Waals surface area contributed by atoms with Crippen LogP contribution in [0.5, 0.6) is 0 Å². The fourth-order valence-corrected chi connectivity index (χ4v) is 2.69. The van der Waals surface area contributed by atoms with E-state index in [4.69, 9.17) is 5.73 Å². The van der Waals surface area contributed by atoms with Crippen molar-refractivity contribution < 1.29 is 4.79 Å². The van der Waals surface area contributed by atoms with Gasteiger partial charge in [-0.25, -0.2) is 0 Å². The highest BCUT2D eigenvalue weighted by Crippen LogP contribution is 2.30. The number of nitrogens with two attached hydrogens (primary N) is 1. The van der Waals surface area contributed by atoms with Crippen LogP contribution in [-0.2, 0) is 4.79 Å². The van der Waals surface area contributed by atoms with E-state index in [-0.39, 0.29) is 11.8 Å². The van der Waals surface area contributed by atoms with Gasteiger partial charge in [0.2, 0.25) is 5.91 Å². The topological polar surface area (TPSA) is 80.9 Å². The fraction of sp³-hybridized carbons (Fsp3) is 0.700. The standard InChI is InChI=1S/C10H16N4OS/c11-5-7-3-1-2-4-8(7)10(15)13-9-6-12-14-16-9/h6-8H,1-5,11H2,(H,13,15). The van der Waals surface area contributed by atoms with Crippen LogP contribution in [0.2, 0.25) is 0 Å². The van der Waals surface area contributed by atoms with Crippen molar-refractivity contribution in [3.8, 4) is 0 Å². The molecule has 0 radical (unpaired) electrons. The molecule has 1 amide bonds. The number of aromatic nitrogens is 2. The normalized spacial score (nSPS) is 25.3. The molecule has 6 heteroatoms. The Bertz CT molecular complexity index is 341. The summed E-state index contributed by atoms with van der Waals surface area (Å²) in [5.41, 5.74) is 5.70. The van der Waals surface area contributed by atoms with Gasteiger partial charge in [0.15, 0.2) is 0 Å². The lowest BCUT2D eigenvalue weighted by Gasteiger charge is -2.29. The zero-order chi connectivity index (χ0) is 11.4. The van der Waals surface area contributed by atoms with Crippen LogP contribution in [-0.4, -0.2) is 22.0 Å². The summed E-state index contributed by atoms with van der Waals surface area (Å²) in [7, 11) is 0. The molecule has 1 aromatic heterocycles. The van der Waals surface area contributed by atoms with E-state index in [2.05, 4.69) is 14.9 Å². The smallest absolute Gasteiger partial charge is 0.228 e. The number of hydrogen-bond acceptors (Lipinski definition) is 5. The van der Waals surface area contributed by atoms with Gasteiger partial charge in [0.05, 0.1) is 6.20 Å². The lowest BCUT2D eigenvalue weighted by Crippen LogP contribution is -2.35. The summed E-state index contributed by atoms with van der Waals surface area (Å²) in [6.45, 7) is 0.596. The number of carbonyl (C=O) groups excluding carboxylic acids is 1. The molecular formula is C10H16N4OS. The molecule has 1 heterocycles. The Morgan fingerprint density at radius 3 is 3.06 bits per heavy atom. The van der Waals surface area contributed by atoms with E-state index >= 15 is 0 Å². The van der Waals surface area contributed by atoms with Crippen LogP contribution in [0.25, 0.3) is 0 Å². The zero-order valence-corrected chi connectivity index (χ0v) is 9.87. The highest BCUT2D eigenvalue weighted by atomic mass is 32.1. The van der Waals surface area contributed by atoms with Gasteiger partial charge in [0, 0.05) is 17.5 Å². The number of nitrogens with one attached hydrogen (secondary N) is 1. The first-order valence-corrected chi connectivity index (χ1v) is 6.37. The summed E-state index contributed by atoms with van der Waals surface area (Å²) in [5, 5.41) is 7.26. The molecule has 1 aliphatic rings. The number of hydrogen-bond donors (Lipinski definition) is 2. The minimum absolute atomic E-state index is 0.0563. The maximum absolute atomic E-state index is 12.0. The Balaban J connectivity index is 1.97. The van der Waals surface area contributed by atoms with Crippen molar-refractivity contribution in [3.05, 3.63) is 6.20 Å². The highest BCUT2D eigenvalue weighted by Gasteiger charge is 2.30. The average Bonchev–Trinajstić information content (AvgIpc) is 2.81. The molecular weight excluding hydrogens is 224 g/mol. The highest BCUT2D eigenvalue weighted by molar-refractivity contribution is 7.10. The second kappa shape index (κ2) is 5.36. The van der Waals surface area contributed by atoms with E-state index in [1.54, 1.807) is 6.20 Å². The molecule has 1 aliphatic carbocycles. The zero-order valence-electron chi connectivity index (χ0n) is 9.06.